The van der Waals surface area contributed by atoms with E-state index in [2.05, 4.69) is 0 Å². The van der Waals surface area contributed by atoms with E-state index in [9.17, 15) is 9.59 Å². The lowest BCUT2D eigenvalue weighted by Crippen LogP contribution is -2.51. The van der Waals surface area contributed by atoms with Crippen molar-refractivity contribution in [3.8, 4) is 0 Å². The number of carbonyl (C=O) groups excluding carboxylic acids is 2. The third kappa shape index (κ3) is 2.07. The van der Waals surface area contributed by atoms with Crippen molar-refractivity contribution in [3.05, 3.63) is 0 Å². The van der Waals surface area contributed by atoms with E-state index < -0.39 is 5.54 Å². The third-order valence-electron chi connectivity index (χ3n) is 4.93. The van der Waals surface area contributed by atoms with Gasteiger partial charge in [-0.1, -0.05) is 26.7 Å². The summed E-state index contributed by atoms with van der Waals surface area (Å²) < 4.78 is 0. The van der Waals surface area contributed by atoms with Gasteiger partial charge in [0.1, 0.15) is 0 Å². The van der Waals surface area contributed by atoms with E-state index in [1.54, 1.807) is 0 Å². The molecule has 1 saturated carbocycles. The highest BCUT2D eigenvalue weighted by molar-refractivity contribution is 6.06. The highest BCUT2D eigenvalue weighted by Gasteiger charge is 2.53. The Morgan fingerprint density at radius 3 is 2.28 bits per heavy atom. The molecule has 0 aromatic rings. The Morgan fingerprint density at radius 2 is 1.78 bits per heavy atom. The zero-order valence-electron chi connectivity index (χ0n) is 11.5. The second-order valence-electron chi connectivity index (χ2n) is 6.02. The average molecular weight is 252 g/mol. The highest BCUT2D eigenvalue weighted by atomic mass is 16.2. The lowest BCUT2D eigenvalue weighted by molar-refractivity contribution is -0.142. The summed E-state index contributed by atoms with van der Waals surface area (Å²) in [5.41, 5.74) is 5.46. The van der Waals surface area contributed by atoms with Crippen molar-refractivity contribution < 1.29 is 9.59 Å². The van der Waals surface area contributed by atoms with Crippen LogP contribution in [0.5, 0.6) is 0 Å². The van der Waals surface area contributed by atoms with Gasteiger partial charge in [-0.3, -0.25) is 14.5 Å². The van der Waals surface area contributed by atoms with Crippen molar-refractivity contribution in [2.24, 2.45) is 11.1 Å². The molecule has 0 aromatic heterocycles. The first-order chi connectivity index (χ1) is 8.46. The van der Waals surface area contributed by atoms with Crippen molar-refractivity contribution in [3.63, 3.8) is 0 Å². The normalized spacial score (nSPS) is 23.4. The number of likely N-dealkylation sites (tertiary alicyclic amines) is 1. The van der Waals surface area contributed by atoms with E-state index in [0.29, 0.717) is 13.0 Å². The van der Waals surface area contributed by atoms with Gasteiger partial charge in [0.15, 0.2) is 0 Å². The Kier molecular flexibility index (Phi) is 3.49. The van der Waals surface area contributed by atoms with Crippen LogP contribution in [-0.2, 0) is 9.59 Å². The van der Waals surface area contributed by atoms with Crippen molar-refractivity contribution in [2.45, 2.75) is 64.3 Å². The number of carbonyl (C=O) groups is 2. The van der Waals surface area contributed by atoms with Crippen LogP contribution in [0.15, 0.2) is 0 Å². The zero-order valence-corrected chi connectivity index (χ0v) is 11.5. The van der Waals surface area contributed by atoms with Crippen LogP contribution in [-0.4, -0.2) is 28.8 Å². The van der Waals surface area contributed by atoms with Gasteiger partial charge in [0, 0.05) is 18.5 Å². The van der Waals surface area contributed by atoms with E-state index >= 15 is 0 Å². The van der Waals surface area contributed by atoms with Crippen LogP contribution in [0.25, 0.3) is 0 Å². The van der Waals surface area contributed by atoms with Gasteiger partial charge < -0.3 is 5.73 Å². The first-order valence-electron chi connectivity index (χ1n) is 7.10. The second kappa shape index (κ2) is 4.65. The third-order valence-corrected chi connectivity index (χ3v) is 4.93. The average Bonchev–Trinajstić information content (AvgIpc) is 2.91. The number of hydrogen-bond donors (Lipinski definition) is 1. The summed E-state index contributed by atoms with van der Waals surface area (Å²) in [6.07, 6.45) is 5.88. The molecule has 2 fully saturated rings. The van der Waals surface area contributed by atoms with Gasteiger partial charge in [0.25, 0.3) is 0 Å². The SMILES string of the molecule is CCC(N)(CC)CN1C(=O)CC2(CCCC2)C1=O. The van der Waals surface area contributed by atoms with E-state index in [0.717, 1.165) is 38.5 Å². The van der Waals surface area contributed by atoms with Crippen LogP contribution in [0.1, 0.15) is 58.8 Å². The summed E-state index contributed by atoms with van der Waals surface area (Å²) in [6, 6.07) is 0. The molecule has 0 radical (unpaired) electrons. The fourth-order valence-corrected chi connectivity index (χ4v) is 3.25. The summed E-state index contributed by atoms with van der Waals surface area (Å²) in [4.78, 5) is 26.0. The van der Waals surface area contributed by atoms with Gasteiger partial charge >= 0.3 is 0 Å². The Bertz CT molecular complexity index is 355. The topological polar surface area (TPSA) is 63.4 Å². The summed E-state index contributed by atoms with van der Waals surface area (Å²) in [7, 11) is 0. The maximum Gasteiger partial charge on any atom is 0.235 e. The Balaban J connectivity index is 2.15. The molecule has 1 heterocycles. The molecule has 0 unspecified atom stereocenters. The largest absolute Gasteiger partial charge is 0.324 e. The van der Waals surface area contributed by atoms with Crippen LogP contribution in [0, 0.1) is 5.41 Å². The standard InChI is InChI=1S/C14H24N2O2/c1-3-14(15,4-2)10-16-11(17)9-13(12(16)18)7-5-6-8-13/h3-10,15H2,1-2H3. The number of amides is 2. The van der Waals surface area contributed by atoms with Gasteiger partial charge in [-0.05, 0) is 25.7 Å². The molecule has 1 spiro atoms. The van der Waals surface area contributed by atoms with E-state index in [-0.39, 0.29) is 17.2 Å². The summed E-state index contributed by atoms with van der Waals surface area (Å²) in [5.74, 6) is 0.0281. The highest BCUT2D eigenvalue weighted by Crippen LogP contribution is 2.47. The minimum atomic E-state index is -0.421. The predicted octanol–water partition coefficient (Wildman–Crippen LogP) is 1.82. The quantitative estimate of drug-likeness (QED) is 0.776. The van der Waals surface area contributed by atoms with E-state index in [1.807, 2.05) is 13.8 Å². The van der Waals surface area contributed by atoms with Crippen LogP contribution in [0.3, 0.4) is 0 Å². The first-order valence-corrected chi connectivity index (χ1v) is 7.10. The predicted molar refractivity (Wildman–Crippen MR) is 69.7 cm³/mol. The fourth-order valence-electron chi connectivity index (χ4n) is 3.25. The molecule has 2 N–H and O–H groups in total. The first kappa shape index (κ1) is 13.5. The van der Waals surface area contributed by atoms with Crippen LogP contribution >= 0.6 is 0 Å². The number of rotatable bonds is 4. The monoisotopic (exact) mass is 252 g/mol. The minimum Gasteiger partial charge on any atom is -0.324 e. The maximum atomic E-state index is 12.5. The molecule has 2 rings (SSSR count). The molecule has 1 aliphatic heterocycles. The summed E-state index contributed by atoms with van der Waals surface area (Å²) >= 11 is 0. The number of nitrogens with two attached hydrogens (primary N) is 1. The molecule has 4 heteroatoms. The molecular weight excluding hydrogens is 228 g/mol. The van der Waals surface area contributed by atoms with Crippen molar-refractivity contribution >= 4 is 11.8 Å². The summed E-state index contributed by atoms with van der Waals surface area (Å²) in [5, 5.41) is 0. The second-order valence-corrected chi connectivity index (χ2v) is 6.02. The molecule has 102 valence electrons. The number of hydrogen-bond acceptors (Lipinski definition) is 3. The van der Waals surface area contributed by atoms with E-state index in [4.69, 9.17) is 5.73 Å². The molecule has 0 bridgehead atoms. The molecule has 2 amide bonds. The Labute approximate surface area is 109 Å². The summed E-state index contributed by atoms with van der Waals surface area (Å²) in [6.45, 7) is 4.42. The van der Waals surface area contributed by atoms with Gasteiger partial charge in [-0.2, -0.15) is 0 Å². The molecule has 4 nitrogen and oxygen atoms in total. The van der Waals surface area contributed by atoms with Gasteiger partial charge in [-0.25, -0.2) is 0 Å². The van der Waals surface area contributed by atoms with E-state index in [1.165, 1.54) is 4.90 Å². The zero-order chi connectivity index (χ0) is 13.4. The molecule has 2 aliphatic rings. The Hall–Kier alpha value is -0.900. The maximum absolute atomic E-state index is 12.5. The smallest absolute Gasteiger partial charge is 0.235 e. The number of imide groups is 1. The van der Waals surface area contributed by atoms with Crippen LogP contribution in [0.2, 0.25) is 0 Å². The lowest BCUT2D eigenvalue weighted by atomic mass is 9.84. The fraction of sp³-hybridized carbons (Fsp3) is 0.857. The molecule has 0 aromatic carbocycles. The number of nitrogens with zero attached hydrogens (tertiary/aromatic N) is 1. The van der Waals surface area contributed by atoms with Crippen LogP contribution < -0.4 is 5.73 Å². The molecular formula is C14H24N2O2. The van der Waals surface area contributed by atoms with Gasteiger partial charge in [0.2, 0.25) is 11.8 Å². The van der Waals surface area contributed by atoms with Crippen molar-refractivity contribution in [2.75, 3.05) is 6.54 Å². The van der Waals surface area contributed by atoms with Crippen molar-refractivity contribution in [1.82, 2.24) is 4.90 Å². The Morgan fingerprint density at radius 1 is 1.22 bits per heavy atom. The minimum absolute atomic E-state index is 0.0152. The van der Waals surface area contributed by atoms with Crippen LogP contribution in [0.4, 0.5) is 0 Å². The van der Waals surface area contributed by atoms with Gasteiger partial charge in [-0.15, -0.1) is 0 Å². The molecule has 0 atom stereocenters. The molecule has 18 heavy (non-hydrogen) atoms. The molecule has 1 saturated heterocycles. The lowest BCUT2D eigenvalue weighted by Gasteiger charge is -2.31. The van der Waals surface area contributed by atoms with Gasteiger partial charge in [0.05, 0.1) is 5.41 Å². The molecule has 1 aliphatic carbocycles. The van der Waals surface area contributed by atoms with Crippen molar-refractivity contribution in [1.29, 1.82) is 0 Å².